The fourth-order valence-corrected chi connectivity index (χ4v) is 2.88. The summed E-state index contributed by atoms with van der Waals surface area (Å²) < 4.78 is 0. The van der Waals surface area contributed by atoms with E-state index in [9.17, 15) is 15.0 Å². The van der Waals surface area contributed by atoms with Crippen molar-refractivity contribution >= 4 is 6.03 Å². The Labute approximate surface area is 155 Å². The van der Waals surface area contributed by atoms with Gasteiger partial charge < -0.3 is 20.0 Å². The van der Waals surface area contributed by atoms with Crippen molar-refractivity contribution in [2.24, 2.45) is 0 Å². The molecule has 0 aliphatic rings. The number of nitrogens with zero attached hydrogens (tertiary/aromatic N) is 2. The Morgan fingerprint density at radius 1 is 0.731 bits per heavy atom. The van der Waals surface area contributed by atoms with Gasteiger partial charge in [0, 0.05) is 14.1 Å². The van der Waals surface area contributed by atoms with E-state index in [1.54, 1.807) is 14.1 Å². The van der Waals surface area contributed by atoms with Crippen LogP contribution in [0.25, 0.3) is 0 Å². The first-order chi connectivity index (χ1) is 12.3. The predicted molar refractivity (Wildman–Crippen MR) is 103 cm³/mol. The average Bonchev–Trinajstić information content (AvgIpc) is 2.71. The summed E-state index contributed by atoms with van der Waals surface area (Å²) in [5.41, 5.74) is 1.53. The Morgan fingerprint density at radius 2 is 1.04 bits per heavy atom. The normalized spacial score (nSPS) is 15.6. The molecule has 0 saturated heterocycles. The number of aliphatic hydroxyl groups excluding tert-OH is 2. The fourth-order valence-electron chi connectivity index (χ4n) is 2.88. The molecule has 4 atom stereocenters. The molecule has 0 aliphatic carbocycles. The third-order valence-corrected chi connectivity index (χ3v) is 5.02. The highest BCUT2D eigenvalue weighted by molar-refractivity contribution is 5.74. The first-order valence-corrected chi connectivity index (χ1v) is 8.80. The molecule has 0 saturated carbocycles. The highest BCUT2D eigenvalue weighted by Crippen LogP contribution is 2.23. The van der Waals surface area contributed by atoms with Crippen molar-refractivity contribution in [2.45, 2.75) is 38.1 Å². The van der Waals surface area contributed by atoms with Crippen LogP contribution in [0.5, 0.6) is 0 Å². The molecule has 0 bridgehead atoms. The molecule has 0 radical (unpaired) electrons. The van der Waals surface area contributed by atoms with Gasteiger partial charge in [0.2, 0.25) is 0 Å². The zero-order valence-electron chi connectivity index (χ0n) is 15.8. The van der Waals surface area contributed by atoms with E-state index in [0.717, 1.165) is 11.1 Å². The van der Waals surface area contributed by atoms with Crippen LogP contribution in [0.15, 0.2) is 60.7 Å². The number of amides is 2. The minimum absolute atomic E-state index is 0.255. The molecule has 2 N–H and O–H groups in total. The van der Waals surface area contributed by atoms with E-state index in [2.05, 4.69) is 0 Å². The monoisotopic (exact) mass is 356 g/mol. The predicted octanol–water partition coefficient (Wildman–Crippen LogP) is 3.21. The van der Waals surface area contributed by atoms with Crippen molar-refractivity contribution in [2.75, 3.05) is 14.1 Å². The van der Waals surface area contributed by atoms with Gasteiger partial charge in [-0.1, -0.05) is 60.7 Å². The molecule has 5 nitrogen and oxygen atoms in total. The molecule has 2 aromatic rings. The molecule has 0 spiro atoms. The van der Waals surface area contributed by atoms with E-state index in [1.807, 2.05) is 74.5 Å². The minimum atomic E-state index is -0.784. The van der Waals surface area contributed by atoms with Crippen LogP contribution >= 0.6 is 0 Å². The summed E-state index contributed by atoms with van der Waals surface area (Å²) in [4.78, 5) is 15.8. The van der Waals surface area contributed by atoms with Crippen LogP contribution in [-0.2, 0) is 0 Å². The van der Waals surface area contributed by atoms with Gasteiger partial charge in [-0.15, -0.1) is 0 Å². The number of hydrogen-bond donors (Lipinski definition) is 2. The van der Waals surface area contributed by atoms with E-state index in [1.165, 1.54) is 9.80 Å². The fraction of sp³-hybridized carbons (Fsp3) is 0.381. The molecule has 140 valence electrons. The standard InChI is InChI=1S/C21H28N2O3/c1-15(19(24)17-11-7-5-8-12-17)22(3)21(26)23(4)16(2)20(25)18-13-9-6-10-14-18/h5-16,19-20,24-25H,1-4H3/t15-,16-,19-,20-/m0/s1. The SMILES string of the molecule is C[C@@H]([C@H](O)c1ccccc1)N(C)C(=O)N(C)[C@@H](C)[C@H](O)c1ccccc1. The Kier molecular flexibility index (Phi) is 6.77. The van der Waals surface area contributed by atoms with Crippen LogP contribution in [0.1, 0.15) is 37.2 Å². The van der Waals surface area contributed by atoms with Gasteiger partial charge in [0.05, 0.1) is 24.3 Å². The van der Waals surface area contributed by atoms with E-state index in [-0.39, 0.29) is 6.03 Å². The highest BCUT2D eigenvalue weighted by atomic mass is 16.3. The van der Waals surface area contributed by atoms with Gasteiger partial charge in [-0.2, -0.15) is 0 Å². The molecule has 0 fully saturated rings. The van der Waals surface area contributed by atoms with Gasteiger partial charge in [-0.3, -0.25) is 0 Å². The van der Waals surface area contributed by atoms with Crippen molar-refractivity contribution in [3.8, 4) is 0 Å². The van der Waals surface area contributed by atoms with Crippen LogP contribution in [0.4, 0.5) is 4.79 Å². The molecular formula is C21H28N2O3. The molecule has 26 heavy (non-hydrogen) atoms. The number of hydrogen-bond acceptors (Lipinski definition) is 3. The highest BCUT2D eigenvalue weighted by Gasteiger charge is 2.30. The number of benzene rings is 2. The van der Waals surface area contributed by atoms with E-state index in [0.29, 0.717) is 0 Å². The van der Waals surface area contributed by atoms with Gasteiger partial charge >= 0.3 is 6.03 Å². The number of rotatable bonds is 6. The molecule has 2 aromatic carbocycles. The van der Waals surface area contributed by atoms with E-state index < -0.39 is 24.3 Å². The van der Waals surface area contributed by atoms with Crippen LogP contribution in [0.3, 0.4) is 0 Å². The third kappa shape index (κ3) is 4.42. The number of urea groups is 1. The summed E-state index contributed by atoms with van der Waals surface area (Å²) in [6.45, 7) is 3.61. The molecule has 2 rings (SSSR count). The lowest BCUT2D eigenvalue weighted by Gasteiger charge is -2.36. The van der Waals surface area contributed by atoms with E-state index in [4.69, 9.17) is 0 Å². The maximum absolute atomic E-state index is 12.8. The quantitative estimate of drug-likeness (QED) is 0.835. The Hall–Kier alpha value is -2.37. The maximum atomic E-state index is 12.8. The second kappa shape index (κ2) is 8.83. The Balaban J connectivity index is 2.06. The number of carbonyl (C=O) groups excluding carboxylic acids is 1. The van der Waals surface area contributed by atoms with E-state index >= 15 is 0 Å². The molecule has 0 unspecified atom stereocenters. The lowest BCUT2D eigenvalue weighted by atomic mass is 10.0. The summed E-state index contributed by atoms with van der Waals surface area (Å²) in [7, 11) is 3.33. The molecule has 0 aliphatic heterocycles. The average molecular weight is 356 g/mol. The summed E-state index contributed by atoms with van der Waals surface area (Å²) in [6, 6.07) is 17.5. The molecule has 2 amide bonds. The number of aliphatic hydroxyl groups is 2. The lowest BCUT2D eigenvalue weighted by molar-refractivity contribution is 0.0493. The molecular weight excluding hydrogens is 328 g/mol. The van der Waals surface area contributed by atoms with Crippen molar-refractivity contribution in [1.29, 1.82) is 0 Å². The summed E-state index contributed by atoms with van der Waals surface area (Å²) in [6.07, 6.45) is -1.57. The van der Waals surface area contributed by atoms with Gasteiger partial charge in [-0.25, -0.2) is 4.79 Å². The Bertz CT molecular complexity index is 633. The summed E-state index contributed by atoms with van der Waals surface area (Å²) in [5.74, 6) is 0. The van der Waals surface area contributed by atoms with Crippen molar-refractivity contribution in [3.05, 3.63) is 71.8 Å². The number of likely N-dealkylation sites (N-methyl/N-ethyl adjacent to an activating group) is 2. The lowest BCUT2D eigenvalue weighted by Crippen LogP contribution is -2.49. The van der Waals surface area contributed by atoms with Crippen LogP contribution in [0, 0.1) is 0 Å². The topological polar surface area (TPSA) is 64.0 Å². The molecule has 5 heteroatoms. The second-order valence-electron chi connectivity index (χ2n) is 6.70. The smallest absolute Gasteiger partial charge is 0.320 e. The number of carbonyl (C=O) groups is 1. The van der Waals surface area contributed by atoms with Gasteiger partial charge in [-0.05, 0) is 25.0 Å². The third-order valence-electron chi connectivity index (χ3n) is 5.02. The minimum Gasteiger partial charge on any atom is -0.386 e. The summed E-state index contributed by atoms with van der Waals surface area (Å²) in [5, 5.41) is 21.1. The van der Waals surface area contributed by atoms with Crippen molar-refractivity contribution in [3.63, 3.8) is 0 Å². The first-order valence-electron chi connectivity index (χ1n) is 8.80. The zero-order chi connectivity index (χ0) is 19.3. The second-order valence-corrected chi connectivity index (χ2v) is 6.70. The van der Waals surface area contributed by atoms with Gasteiger partial charge in [0.25, 0.3) is 0 Å². The molecule has 0 heterocycles. The van der Waals surface area contributed by atoms with Crippen LogP contribution < -0.4 is 0 Å². The first kappa shape index (κ1) is 19.9. The zero-order valence-corrected chi connectivity index (χ0v) is 15.8. The van der Waals surface area contributed by atoms with Gasteiger partial charge in [0.1, 0.15) is 0 Å². The van der Waals surface area contributed by atoms with Crippen molar-refractivity contribution in [1.82, 2.24) is 9.80 Å². The molecule has 0 aromatic heterocycles. The largest absolute Gasteiger partial charge is 0.386 e. The van der Waals surface area contributed by atoms with Gasteiger partial charge in [0.15, 0.2) is 0 Å². The Morgan fingerprint density at radius 3 is 1.35 bits per heavy atom. The van der Waals surface area contributed by atoms with Crippen molar-refractivity contribution < 1.29 is 15.0 Å². The summed E-state index contributed by atoms with van der Waals surface area (Å²) >= 11 is 0. The van der Waals surface area contributed by atoms with Crippen LogP contribution in [-0.4, -0.2) is 52.2 Å². The van der Waals surface area contributed by atoms with Crippen LogP contribution in [0.2, 0.25) is 0 Å². The maximum Gasteiger partial charge on any atom is 0.320 e.